The first-order chi connectivity index (χ1) is 14.9. The van der Waals surface area contributed by atoms with Crippen LogP contribution in [0.2, 0.25) is 0 Å². The van der Waals surface area contributed by atoms with Gasteiger partial charge in [0, 0.05) is 38.1 Å². The smallest absolute Gasteiger partial charge is 0.338 e. The molecule has 0 fully saturated rings. The lowest BCUT2D eigenvalue weighted by Crippen LogP contribution is -2.14. The highest BCUT2D eigenvalue weighted by molar-refractivity contribution is 7.99. The van der Waals surface area contributed by atoms with E-state index in [2.05, 4.69) is 15.5 Å². The average Bonchev–Trinajstić information content (AvgIpc) is 3.13. The third-order valence-electron chi connectivity index (χ3n) is 4.49. The molecule has 0 aliphatic rings. The lowest BCUT2D eigenvalue weighted by atomic mass is 10.2. The first kappa shape index (κ1) is 22.4. The molecule has 31 heavy (non-hydrogen) atoms. The summed E-state index contributed by atoms with van der Waals surface area (Å²) < 4.78 is 6.82. The maximum Gasteiger partial charge on any atom is 0.338 e. The van der Waals surface area contributed by atoms with Gasteiger partial charge >= 0.3 is 5.97 Å². The van der Waals surface area contributed by atoms with Crippen molar-refractivity contribution in [3.05, 3.63) is 54.1 Å². The molecule has 3 aromatic rings. The fraction of sp³-hybridized carbons (Fsp3) is 0.273. The summed E-state index contributed by atoms with van der Waals surface area (Å²) >= 11 is 1.31. The Balaban J connectivity index is 1.58. The van der Waals surface area contributed by atoms with Crippen molar-refractivity contribution in [2.75, 3.05) is 36.7 Å². The van der Waals surface area contributed by atoms with Crippen LogP contribution in [-0.4, -0.2) is 53.1 Å². The van der Waals surface area contributed by atoms with Crippen LogP contribution in [0.15, 0.2) is 53.7 Å². The van der Waals surface area contributed by atoms with Gasteiger partial charge in [0.2, 0.25) is 5.91 Å². The largest absolute Gasteiger partial charge is 0.462 e. The van der Waals surface area contributed by atoms with Crippen molar-refractivity contribution in [3.63, 3.8) is 0 Å². The van der Waals surface area contributed by atoms with Crippen molar-refractivity contribution in [3.8, 4) is 11.4 Å². The Kier molecular flexibility index (Phi) is 7.30. The number of aromatic nitrogens is 3. The van der Waals surface area contributed by atoms with Crippen LogP contribution in [-0.2, 0) is 16.6 Å². The summed E-state index contributed by atoms with van der Waals surface area (Å²) in [5.41, 5.74) is 3.11. The van der Waals surface area contributed by atoms with E-state index in [0.29, 0.717) is 23.0 Å². The van der Waals surface area contributed by atoms with Gasteiger partial charge in [-0.25, -0.2) is 4.79 Å². The molecule has 0 aliphatic heterocycles. The first-order valence-corrected chi connectivity index (χ1v) is 10.7. The van der Waals surface area contributed by atoms with Crippen molar-refractivity contribution in [1.82, 2.24) is 14.8 Å². The highest BCUT2D eigenvalue weighted by Crippen LogP contribution is 2.24. The van der Waals surface area contributed by atoms with Gasteiger partial charge in [0.15, 0.2) is 11.0 Å². The zero-order valence-corrected chi connectivity index (χ0v) is 18.8. The van der Waals surface area contributed by atoms with Gasteiger partial charge in [0.05, 0.1) is 17.9 Å². The van der Waals surface area contributed by atoms with E-state index in [1.165, 1.54) is 11.8 Å². The minimum absolute atomic E-state index is 0.172. The molecule has 3 rings (SSSR count). The number of carbonyl (C=O) groups excluding carboxylic acids is 2. The maximum absolute atomic E-state index is 12.3. The molecule has 1 N–H and O–H groups in total. The molecular formula is C22H25N5O3S. The normalized spacial score (nSPS) is 10.6. The van der Waals surface area contributed by atoms with Crippen LogP contribution >= 0.6 is 11.8 Å². The maximum atomic E-state index is 12.3. The molecule has 1 aromatic heterocycles. The number of carbonyl (C=O) groups is 2. The second kappa shape index (κ2) is 10.1. The minimum Gasteiger partial charge on any atom is -0.462 e. The van der Waals surface area contributed by atoms with E-state index in [1.54, 1.807) is 31.2 Å². The number of amides is 1. The number of nitrogens with one attached hydrogen (secondary N) is 1. The molecule has 0 spiro atoms. The van der Waals surface area contributed by atoms with Gasteiger partial charge in [-0.05, 0) is 55.5 Å². The third-order valence-corrected chi connectivity index (χ3v) is 5.51. The summed E-state index contributed by atoms with van der Waals surface area (Å²) in [4.78, 5) is 26.0. The second-order valence-corrected chi connectivity index (χ2v) is 7.88. The monoisotopic (exact) mass is 439 g/mol. The standard InChI is InChI=1S/C22H25N5O3S/c1-5-30-21(29)16-6-10-17(11-7-16)23-19(28)14-31-22-25-24-20(27(22)4)15-8-12-18(13-9-15)26(2)3/h6-13H,5,14H2,1-4H3,(H,23,28). The van der Waals surface area contributed by atoms with Gasteiger partial charge in [0.1, 0.15) is 0 Å². The summed E-state index contributed by atoms with van der Waals surface area (Å²) in [6, 6.07) is 14.6. The number of ether oxygens (including phenoxy) is 1. The van der Waals surface area contributed by atoms with Crippen LogP contribution in [0, 0.1) is 0 Å². The number of hydrogen-bond donors (Lipinski definition) is 1. The molecule has 0 aliphatic carbocycles. The van der Waals surface area contributed by atoms with Crippen molar-refractivity contribution < 1.29 is 14.3 Å². The molecule has 0 bridgehead atoms. The van der Waals surface area contributed by atoms with Crippen LogP contribution < -0.4 is 10.2 Å². The Morgan fingerprint density at radius 3 is 2.35 bits per heavy atom. The van der Waals surface area contributed by atoms with Gasteiger partial charge in [-0.1, -0.05) is 11.8 Å². The number of benzene rings is 2. The topological polar surface area (TPSA) is 89.3 Å². The lowest BCUT2D eigenvalue weighted by molar-refractivity contribution is -0.113. The molecule has 0 unspecified atom stereocenters. The summed E-state index contributed by atoms with van der Waals surface area (Å²) in [6.07, 6.45) is 0. The van der Waals surface area contributed by atoms with E-state index < -0.39 is 0 Å². The predicted molar refractivity (Wildman–Crippen MR) is 123 cm³/mol. The molecule has 0 saturated carbocycles. The molecular weight excluding hydrogens is 414 g/mol. The number of esters is 1. The van der Waals surface area contributed by atoms with Gasteiger partial charge in [-0.15, -0.1) is 10.2 Å². The Morgan fingerprint density at radius 1 is 1.06 bits per heavy atom. The van der Waals surface area contributed by atoms with E-state index in [4.69, 9.17) is 4.74 Å². The fourth-order valence-electron chi connectivity index (χ4n) is 2.83. The Bertz CT molecular complexity index is 1050. The summed E-state index contributed by atoms with van der Waals surface area (Å²) in [6.45, 7) is 2.07. The van der Waals surface area contributed by atoms with Gasteiger partial charge in [0.25, 0.3) is 0 Å². The average molecular weight is 440 g/mol. The summed E-state index contributed by atoms with van der Waals surface area (Å²) in [5, 5.41) is 11.9. The minimum atomic E-state index is -0.384. The van der Waals surface area contributed by atoms with Gasteiger partial charge < -0.3 is 19.5 Å². The first-order valence-electron chi connectivity index (χ1n) is 9.76. The van der Waals surface area contributed by atoms with Crippen molar-refractivity contribution in [2.24, 2.45) is 7.05 Å². The van der Waals surface area contributed by atoms with E-state index in [1.807, 2.05) is 54.9 Å². The number of hydrogen-bond acceptors (Lipinski definition) is 7. The third kappa shape index (κ3) is 5.64. The number of thioether (sulfide) groups is 1. The van der Waals surface area contributed by atoms with Crippen molar-refractivity contribution in [2.45, 2.75) is 12.1 Å². The van der Waals surface area contributed by atoms with Gasteiger partial charge in [-0.2, -0.15) is 0 Å². The van der Waals surface area contributed by atoms with E-state index in [-0.39, 0.29) is 17.6 Å². The van der Waals surface area contributed by atoms with Crippen LogP contribution in [0.3, 0.4) is 0 Å². The second-order valence-electron chi connectivity index (χ2n) is 6.94. The van der Waals surface area contributed by atoms with Gasteiger partial charge in [-0.3, -0.25) is 4.79 Å². The summed E-state index contributed by atoms with van der Waals surface area (Å²) in [7, 11) is 5.86. The van der Waals surface area contributed by atoms with E-state index in [0.717, 1.165) is 17.1 Å². The molecule has 1 heterocycles. The highest BCUT2D eigenvalue weighted by Gasteiger charge is 2.14. The van der Waals surface area contributed by atoms with Crippen molar-refractivity contribution >= 4 is 35.0 Å². The Hall–Kier alpha value is -3.33. The quantitative estimate of drug-likeness (QED) is 0.425. The predicted octanol–water partition coefficient (Wildman–Crippen LogP) is 3.46. The number of nitrogens with zero attached hydrogens (tertiary/aromatic N) is 4. The van der Waals surface area contributed by atoms with Crippen LogP contribution in [0.1, 0.15) is 17.3 Å². The molecule has 162 valence electrons. The molecule has 0 atom stereocenters. The zero-order valence-electron chi connectivity index (χ0n) is 18.0. The van der Waals surface area contributed by atoms with Crippen molar-refractivity contribution in [1.29, 1.82) is 0 Å². The van der Waals surface area contributed by atoms with Crippen LogP contribution in [0.5, 0.6) is 0 Å². The number of anilines is 2. The number of rotatable bonds is 8. The Labute approximate surface area is 185 Å². The van der Waals surface area contributed by atoms with Crippen LogP contribution in [0.25, 0.3) is 11.4 Å². The SMILES string of the molecule is CCOC(=O)c1ccc(NC(=O)CSc2nnc(-c3ccc(N(C)C)cc3)n2C)cc1. The summed E-state index contributed by atoms with van der Waals surface area (Å²) in [5.74, 6) is 0.368. The Morgan fingerprint density at radius 2 is 1.74 bits per heavy atom. The molecule has 2 aromatic carbocycles. The highest BCUT2D eigenvalue weighted by atomic mass is 32.2. The zero-order chi connectivity index (χ0) is 22.4. The van der Waals surface area contributed by atoms with E-state index >= 15 is 0 Å². The molecule has 8 nitrogen and oxygen atoms in total. The van der Waals surface area contributed by atoms with E-state index in [9.17, 15) is 9.59 Å². The molecule has 0 saturated heterocycles. The fourth-order valence-corrected chi connectivity index (χ4v) is 3.54. The van der Waals surface area contributed by atoms with Crippen LogP contribution in [0.4, 0.5) is 11.4 Å². The molecule has 9 heteroatoms. The molecule has 1 amide bonds. The molecule has 0 radical (unpaired) electrons. The lowest BCUT2D eigenvalue weighted by Gasteiger charge is -2.12.